The summed E-state index contributed by atoms with van der Waals surface area (Å²) >= 11 is 0. The number of allylic oxidation sites excluding steroid dienone is 1. The van der Waals surface area contributed by atoms with Crippen LogP contribution in [0.1, 0.15) is 49.4 Å². The van der Waals surface area contributed by atoms with Gasteiger partial charge in [-0.05, 0) is 49.5 Å². The van der Waals surface area contributed by atoms with Gasteiger partial charge >= 0.3 is 5.97 Å². The molecule has 5 rings (SSSR count). The number of ether oxygens (including phenoxy) is 2. The molecular formula is C27H29FN6O3. The van der Waals surface area contributed by atoms with Gasteiger partial charge in [-0.3, -0.25) is 19.5 Å². The van der Waals surface area contributed by atoms with Crippen molar-refractivity contribution in [3.63, 3.8) is 0 Å². The Balaban J connectivity index is 1.33. The normalized spacial score (nSPS) is 19.9. The molecule has 1 aromatic carbocycles. The van der Waals surface area contributed by atoms with Crippen LogP contribution in [-0.4, -0.2) is 51.3 Å². The molecule has 0 radical (unpaired) electrons. The molecule has 2 aliphatic rings. The van der Waals surface area contributed by atoms with E-state index in [1.807, 2.05) is 38.1 Å². The number of methoxy groups -OCH3 is 1. The summed E-state index contributed by atoms with van der Waals surface area (Å²) in [6, 6.07) is 6.84. The number of hydrogen-bond acceptors (Lipinski definition) is 8. The summed E-state index contributed by atoms with van der Waals surface area (Å²) in [4.78, 5) is 25.3. The summed E-state index contributed by atoms with van der Waals surface area (Å²) in [5.74, 6) is 1.20. The van der Waals surface area contributed by atoms with E-state index < -0.39 is 17.6 Å². The van der Waals surface area contributed by atoms with E-state index in [4.69, 9.17) is 9.47 Å². The molecule has 1 fully saturated rings. The van der Waals surface area contributed by atoms with Gasteiger partial charge in [-0.15, -0.1) is 0 Å². The number of carbonyl (C=O) groups is 1. The number of esters is 1. The monoisotopic (exact) mass is 504 g/mol. The van der Waals surface area contributed by atoms with E-state index in [0.29, 0.717) is 28.7 Å². The average molecular weight is 505 g/mol. The zero-order chi connectivity index (χ0) is 26.2. The van der Waals surface area contributed by atoms with E-state index in [2.05, 4.69) is 25.4 Å². The standard InChI is InChI=1S/C27H29FN6O3/c1-16(2)37-23-15-29-14-22(32-23)33-25-20(13-31-34(25)3)24-21(28)11-18(12-30-24)17-5-7-19(8-6-17)27(9-10-27)26(35)36-4/h5-8,11-16,21,24H,9-10H2,1-4H3,(H,32,33). The van der Waals surface area contributed by atoms with Crippen LogP contribution in [0.2, 0.25) is 0 Å². The lowest BCUT2D eigenvalue weighted by Crippen LogP contribution is -2.21. The quantitative estimate of drug-likeness (QED) is 0.451. The van der Waals surface area contributed by atoms with Crippen LogP contribution in [0.25, 0.3) is 5.57 Å². The topological polar surface area (TPSA) is 104 Å². The van der Waals surface area contributed by atoms with Gasteiger partial charge in [0, 0.05) is 18.8 Å². The van der Waals surface area contributed by atoms with Gasteiger partial charge in [-0.25, -0.2) is 4.39 Å². The highest BCUT2D eigenvalue weighted by molar-refractivity contribution is 6.10. The fourth-order valence-corrected chi connectivity index (χ4v) is 4.54. The molecule has 0 bridgehead atoms. The van der Waals surface area contributed by atoms with Crippen molar-refractivity contribution >= 4 is 29.4 Å². The number of nitrogens with zero attached hydrogens (tertiary/aromatic N) is 5. The highest BCUT2D eigenvalue weighted by Gasteiger charge is 2.52. The summed E-state index contributed by atoms with van der Waals surface area (Å²) in [6.45, 7) is 3.82. The molecule has 0 spiro atoms. The highest BCUT2D eigenvalue weighted by atomic mass is 19.1. The third-order valence-electron chi connectivity index (χ3n) is 6.61. The minimum Gasteiger partial charge on any atom is -0.474 e. The first kappa shape index (κ1) is 24.6. The SMILES string of the molecule is COC(=O)C1(c2ccc(C3=CC(F)C(c4cnn(C)c4Nc4cncc(OC(C)C)n4)N=C3)cc2)CC1. The van der Waals surface area contributed by atoms with Crippen LogP contribution < -0.4 is 10.1 Å². The van der Waals surface area contributed by atoms with Gasteiger partial charge in [-0.2, -0.15) is 10.1 Å². The molecule has 1 N–H and O–H groups in total. The Morgan fingerprint density at radius 3 is 2.59 bits per heavy atom. The maximum absolute atomic E-state index is 15.5. The predicted molar refractivity (Wildman–Crippen MR) is 138 cm³/mol. The average Bonchev–Trinajstić information content (AvgIpc) is 3.63. The van der Waals surface area contributed by atoms with Crippen LogP contribution in [0, 0.1) is 0 Å². The maximum atomic E-state index is 15.5. The first-order chi connectivity index (χ1) is 17.8. The van der Waals surface area contributed by atoms with Gasteiger partial charge in [0.2, 0.25) is 5.88 Å². The summed E-state index contributed by atoms with van der Waals surface area (Å²) in [5, 5.41) is 7.49. The molecule has 1 aliphatic carbocycles. The molecule has 0 amide bonds. The van der Waals surface area contributed by atoms with Crippen molar-refractivity contribution < 1.29 is 18.7 Å². The number of rotatable bonds is 8. The van der Waals surface area contributed by atoms with Crippen LogP contribution in [0.5, 0.6) is 5.88 Å². The second-order valence-corrected chi connectivity index (χ2v) is 9.55. The highest BCUT2D eigenvalue weighted by Crippen LogP contribution is 2.49. The largest absolute Gasteiger partial charge is 0.474 e. The van der Waals surface area contributed by atoms with E-state index in [-0.39, 0.29) is 12.1 Å². The summed E-state index contributed by atoms with van der Waals surface area (Å²) in [5.41, 5.74) is 2.49. The lowest BCUT2D eigenvalue weighted by Gasteiger charge is -2.21. The third kappa shape index (κ3) is 4.83. The van der Waals surface area contributed by atoms with E-state index in [9.17, 15) is 4.79 Å². The number of dihydropyridines is 1. The van der Waals surface area contributed by atoms with E-state index in [1.54, 1.807) is 36.4 Å². The number of nitrogens with one attached hydrogen (secondary N) is 1. The Morgan fingerprint density at radius 1 is 1.19 bits per heavy atom. The number of anilines is 2. The van der Waals surface area contributed by atoms with Crippen molar-refractivity contribution in [1.29, 1.82) is 0 Å². The van der Waals surface area contributed by atoms with Crippen molar-refractivity contribution in [2.24, 2.45) is 12.0 Å². The van der Waals surface area contributed by atoms with Crippen molar-refractivity contribution in [2.45, 2.75) is 50.4 Å². The first-order valence-electron chi connectivity index (χ1n) is 12.2. The van der Waals surface area contributed by atoms with Gasteiger partial charge in [0.05, 0.1) is 37.2 Å². The van der Waals surface area contributed by atoms with Gasteiger partial charge in [-0.1, -0.05) is 24.3 Å². The Hall–Kier alpha value is -4.08. The van der Waals surface area contributed by atoms with Gasteiger partial charge in [0.1, 0.15) is 18.0 Å². The number of aromatic nitrogens is 4. The molecular weight excluding hydrogens is 475 g/mol. The van der Waals surface area contributed by atoms with Crippen molar-refractivity contribution in [3.05, 3.63) is 65.6 Å². The number of aliphatic imine (C=N–C) groups is 1. The van der Waals surface area contributed by atoms with Crippen LogP contribution in [0.3, 0.4) is 0 Å². The lowest BCUT2D eigenvalue weighted by atomic mass is 9.92. The Morgan fingerprint density at radius 2 is 1.95 bits per heavy atom. The number of benzene rings is 1. The van der Waals surface area contributed by atoms with Crippen LogP contribution >= 0.6 is 0 Å². The zero-order valence-electron chi connectivity index (χ0n) is 21.2. The summed E-state index contributed by atoms with van der Waals surface area (Å²) < 4.78 is 27.7. The second-order valence-electron chi connectivity index (χ2n) is 9.55. The van der Waals surface area contributed by atoms with Crippen LogP contribution in [0.4, 0.5) is 16.0 Å². The Labute approximate surface area is 214 Å². The Kier molecular flexibility index (Phi) is 6.49. The fraction of sp³-hybridized carbons (Fsp3) is 0.370. The van der Waals surface area contributed by atoms with Gasteiger partial charge < -0.3 is 14.8 Å². The zero-order valence-corrected chi connectivity index (χ0v) is 21.2. The number of alkyl halides is 1. The minimum atomic E-state index is -1.36. The van der Waals surface area contributed by atoms with Crippen molar-refractivity contribution in [2.75, 3.05) is 12.4 Å². The Bertz CT molecular complexity index is 1360. The van der Waals surface area contributed by atoms with Crippen molar-refractivity contribution in [3.8, 4) is 5.88 Å². The minimum absolute atomic E-state index is 0.0412. The van der Waals surface area contributed by atoms with E-state index in [1.165, 1.54) is 13.3 Å². The molecule has 0 saturated heterocycles. The molecule has 1 aliphatic heterocycles. The predicted octanol–water partition coefficient (Wildman–Crippen LogP) is 4.49. The maximum Gasteiger partial charge on any atom is 0.316 e. The number of aryl methyl sites for hydroxylation is 1. The lowest BCUT2D eigenvalue weighted by molar-refractivity contribution is -0.143. The van der Waals surface area contributed by atoms with E-state index in [0.717, 1.165) is 24.0 Å². The molecule has 192 valence electrons. The molecule has 37 heavy (non-hydrogen) atoms. The summed E-state index contributed by atoms with van der Waals surface area (Å²) in [7, 11) is 3.17. The van der Waals surface area contributed by atoms with E-state index >= 15 is 4.39 Å². The molecule has 10 heteroatoms. The smallest absolute Gasteiger partial charge is 0.316 e. The molecule has 2 atom stereocenters. The number of halogens is 1. The van der Waals surface area contributed by atoms with Crippen molar-refractivity contribution in [1.82, 2.24) is 19.7 Å². The third-order valence-corrected chi connectivity index (χ3v) is 6.61. The number of carbonyl (C=O) groups excluding carboxylic acids is 1. The summed E-state index contributed by atoms with van der Waals surface area (Å²) in [6.07, 6.45) is 8.10. The van der Waals surface area contributed by atoms with Crippen LogP contribution in [-0.2, 0) is 22.0 Å². The molecule has 3 heterocycles. The van der Waals surface area contributed by atoms with Crippen LogP contribution in [0.15, 0.2) is 53.9 Å². The van der Waals surface area contributed by atoms with Gasteiger partial charge in [0.15, 0.2) is 5.82 Å². The molecule has 3 aromatic rings. The molecule has 9 nitrogen and oxygen atoms in total. The fourth-order valence-electron chi connectivity index (χ4n) is 4.54. The molecule has 2 unspecified atom stereocenters. The molecule has 2 aromatic heterocycles. The second kappa shape index (κ2) is 9.76. The first-order valence-corrected chi connectivity index (χ1v) is 12.2. The number of hydrogen-bond donors (Lipinski definition) is 1. The molecule has 1 saturated carbocycles. The van der Waals surface area contributed by atoms with Gasteiger partial charge in [0.25, 0.3) is 0 Å².